The fourth-order valence-corrected chi connectivity index (χ4v) is 2.02. The molecule has 0 fully saturated rings. The lowest BCUT2D eigenvalue weighted by atomic mass is 10.2. The van der Waals surface area contributed by atoms with Gasteiger partial charge in [-0.1, -0.05) is 0 Å². The van der Waals surface area contributed by atoms with Gasteiger partial charge in [0.05, 0.1) is 6.04 Å². The van der Waals surface area contributed by atoms with E-state index in [-0.39, 0.29) is 6.04 Å². The van der Waals surface area contributed by atoms with Crippen molar-refractivity contribution in [1.82, 2.24) is 10.2 Å². The van der Waals surface area contributed by atoms with Gasteiger partial charge >= 0.3 is 0 Å². The molecule has 1 N–H and O–H groups in total. The van der Waals surface area contributed by atoms with Gasteiger partial charge in [0.1, 0.15) is 11.5 Å². The van der Waals surface area contributed by atoms with Gasteiger partial charge in [-0.2, -0.15) is 0 Å². The predicted molar refractivity (Wildman–Crippen MR) is 75.2 cm³/mol. The smallest absolute Gasteiger partial charge is 0.247 e. The minimum absolute atomic E-state index is 0.109. The van der Waals surface area contributed by atoms with Crippen LogP contribution in [-0.4, -0.2) is 10.2 Å². The van der Waals surface area contributed by atoms with Crippen molar-refractivity contribution in [2.45, 2.75) is 19.9 Å². The maximum Gasteiger partial charge on any atom is 0.247 e. The first kappa shape index (κ1) is 12.5. The van der Waals surface area contributed by atoms with Crippen molar-refractivity contribution in [1.29, 1.82) is 0 Å². The topological polar surface area (TPSA) is 64.1 Å². The summed E-state index contributed by atoms with van der Waals surface area (Å²) in [7, 11) is 0. The van der Waals surface area contributed by atoms with Crippen LogP contribution < -0.4 is 5.32 Å². The molecular formula is C15H15N3O2. The molecule has 3 rings (SSSR count). The minimum Gasteiger partial charge on any atom is -0.464 e. The van der Waals surface area contributed by atoms with Crippen molar-refractivity contribution in [3.63, 3.8) is 0 Å². The first-order chi connectivity index (χ1) is 9.72. The van der Waals surface area contributed by atoms with Crippen LogP contribution in [0.1, 0.15) is 24.5 Å². The normalized spacial score (nSPS) is 12.3. The standard InChI is InChI=1S/C15H15N3O2/c1-10-3-8-14(20-10)11(2)17-13-6-4-12(5-7-13)15-18-16-9-19-15/h3-9,11,17H,1-2H3. The Kier molecular flexibility index (Phi) is 3.25. The Bertz CT molecular complexity index is 671. The van der Waals surface area contributed by atoms with Crippen LogP contribution in [0.4, 0.5) is 5.69 Å². The van der Waals surface area contributed by atoms with Crippen molar-refractivity contribution < 1.29 is 8.83 Å². The highest BCUT2D eigenvalue weighted by Gasteiger charge is 2.09. The van der Waals surface area contributed by atoms with Crippen LogP contribution in [0.25, 0.3) is 11.5 Å². The highest BCUT2D eigenvalue weighted by atomic mass is 16.4. The second kappa shape index (κ2) is 5.21. The average Bonchev–Trinajstić information content (AvgIpc) is 3.10. The number of anilines is 1. The highest BCUT2D eigenvalue weighted by Crippen LogP contribution is 2.23. The number of nitrogens with zero attached hydrogens (tertiary/aromatic N) is 2. The van der Waals surface area contributed by atoms with E-state index in [1.807, 2.05) is 43.3 Å². The summed E-state index contributed by atoms with van der Waals surface area (Å²) in [6.45, 7) is 4.00. The van der Waals surface area contributed by atoms with Crippen molar-refractivity contribution in [3.05, 3.63) is 54.3 Å². The Labute approximate surface area is 116 Å². The number of aromatic nitrogens is 2. The lowest BCUT2D eigenvalue weighted by Gasteiger charge is -2.13. The van der Waals surface area contributed by atoms with E-state index in [1.165, 1.54) is 6.39 Å². The van der Waals surface area contributed by atoms with Gasteiger partial charge in [0.15, 0.2) is 0 Å². The van der Waals surface area contributed by atoms with E-state index < -0.39 is 0 Å². The van der Waals surface area contributed by atoms with Crippen LogP contribution in [0.3, 0.4) is 0 Å². The molecule has 0 aliphatic rings. The minimum atomic E-state index is 0.109. The molecule has 102 valence electrons. The SMILES string of the molecule is Cc1ccc(C(C)Nc2ccc(-c3nnco3)cc2)o1. The van der Waals surface area contributed by atoms with Crippen LogP contribution in [0.2, 0.25) is 0 Å². The van der Waals surface area contributed by atoms with Crippen molar-refractivity contribution >= 4 is 5.69 Å². The largest absolute Gasteiger partial charge is 0.464 e. The van der Waals surface area contributed by atoms with Gasteiger partial charge in [0.25, 0.3) is 0 Å². The molecule has 0 bridgehead atoms. The summed E-state index contributed by atoms with van der Waals surface area (Å²) in [5.41, 5.74) is 1.91. The molecule has 0 saturated heterocycles. The van der Waals surface area contributed by atoms with Crippen LogP contribution in [-0.2, 0) is 0 Å². The molecule has 0 aliphatic heterocycles. The second-order valence-corrected chi connectivity index (χ2v) is 4.64. The monoisotopic (exact) mass is 269 g/mol. The van der Waals surface area contributed by atoms with E-state index >= 15 is 0 Å². The molecule has 0 spiro atoms. The second-order valence-electron chi connectivity index (χ2n) is 4.64. The Hall–Kier alpha value is -2.56. The summed E-state index contributed by atoms with van der Waals surface area (Å²) in [4.78, 5) is 0. The zero-order valence-corrected chi connectivity index (χ0v) is 11.3. The van der Waals surface area contributed by atoms with E-state index in [4.69, 9.17) is 8.83 Å². The van der Waals surface area contributed by atoms with Crippen molar-refractivity contribution in [3.8, 4) is 11.5 Å². The summed E-state index contributed by atoms with van der Waals surface area (Å²) in [6, 6.07) is 11.9. The molecule has 20 heavy (non-hydrogen) atoms. The summed E-state index contributed by atoms with van der Waals surface area (Å²) < 4.78 is 10.8. The van der Waals surface area contributed by atoms with E-state index in [0.29, 0.717) is 5.89 Å². The van der Waals surface area contributed by atoms with Gasteiger partial charge in [-0.3, -0.25) is 0 Å². The lowest BCUT2D eigenvalue weighted by Crippen LogP contribution is -2.05. The number of benzene rings is 1. The number of rotatable bonds is 4. The summed E-state index contributed by atoms with van der Waals surface area (Å²) in [5, 5.41) is 10.9. The third-order valence-electron chi connectivity index (χ3n) is 3.06. The van der Waals surface area contributed by atoms with Gasteiger partial charge in [-0.15, -0.1) is 10.2 Å². The molecule has 0 amide bonds. The Morgan fingerprint density at radius 3 is 2.50 bits per heavy atom. The Morgan fingerprint density at radius 2 is 1.90 bits per heavy atom. The number of furan rings is 1. The summed E-state index contributed by atoms with van der Waals surface area (Å²) in [5.74, 6) is 2.36. The fourth-order valence-electron chi connectivity index (χ4n) is 2.02. The van der Waals surface area contributed by atoms with Crippen molar-refractivity contribution in [2.75, 3.05) is 5.32 Å². The molecule has 0 saturated carbocycles. The summed E-state index contributed by atoms with van der Waals surface area (Å²) in [6.07, 6.45) is 1.32. The number of aryl methyl sites for hydroxylation is 1. The predicted octanol–water partition coefficient (Wildman–Crippen LogP) is 3.81. The number of hydrogen-bond donors (Lipinski definition) is 1. The molecule has 2 heterocycles. The van der Waals surface area contributed by atoms with Crippen LogP contribution in [0, 0.1) is 6.92 Å². The Morgan fingerprint density at radius 1 is 1.10 bits per heavy atom. The van der Waals surface area contributed by atoms with E-state index in [1.54, 1.807) is 0 Å². The summed E-state index contributed by atoms with van der Waals surface area (Å²) >= 11 is 0. The molecule has 1 atom stereocenters. The molecule has 3 aromatic rings. The third kappa shape index (κ3) is 2.56. The first-order valence-electron chi connectivity index (χ1n) is 6.42. The van der Waals surface area contributed by atoms with Gasteiger partial charge < -0.3 is 14.2 Å². The van der Waals surface area contributed by atoms with Crippen LogP contribution in [0.5, 0.6) is 0 Å². The average molecular weight is 269 g/mol. The third-order valence-corrected chi connectivity index (χ3v) is 3.06. The number of nitrogens with one attached hydrogen (secondary N) is 1. The fraction of sp³-hybridized carbons (Fsp3) is 0.200. The molecule has 5 nitrogen and oxygen atoms in total. The Balaban J connectivity index is 1.72. The quantitative estimate of drug-likeness (QED) is 0.780. The van der Waals surface area contributed by atoms with Crippen LogP contribution >= 0.6 is 0 Å². The van der Waals surface area contributed by atoms with E-state index in [0.717, 1.165) is 22.8 Å². The van der Waals surface area contributed by atoms with Gasteiger partial charge in [-0.25, -0.2) is 0 Å². The van der Waals surface area contributed by atoms with Crippen molar-refractivity contribution in [2.24, 2.45) is 0 Å². The zero-order chi connectivity index (χ0) is 13.9. The van der Waals surface area contributed by atoms with Gasteiger partial charge in [0, 0.05) is 11.3 Å². The highest BCUT2D eigenvalue weighted by molar-refractivity contribution is 5.58. The molecule has 1 unspecified atom stereocenters. The maximum atomic E-state index is 5.60. The lowest BCUT2D eigenvalue weighted by molar-refractivity contribution is 0.467. The molecule has 0 aliphatic carbocycles. The van der Waals surface area contributed by atoms with E-state index in [2.05, 4.69) is 22.4 Å². The van der Waals surface area contributed by atoms with Gasteiger partial charge in [0.2, 0.25) is 12.3 Å². The molecular weight excluding hydrogens is 254 g/mol. The molecule has 1 aromatic carbocycles. The van der Waals surface area contributed by atoms with Crippen LogP contribution in [0.15, 0.2) is 51.6 Å². The molecule has 0 radical (unpaired) electrons. The maximum absolute atomic E-state index is 5.60. The van der Waals surface area contributed by atoms with Gasteiger partial charge in [-0.05, 0) is 50.2 Å². The van der Waals surface area contributed by atoms with E-state index in [9.17, 15) is 0 Å². The molecule has 5 heteroatoms. The first-order valence-corrected chi connectivity index (χ1v) is 6.42. The zero-order valence-electron chi connectivity index (χ0n) is 11.3. The number of hydrogen-bond acceptors (Lipinski definition) is 5. The molecule has 2 aromatic heterocycles.